The summed E-state index contributed by atoms with van der Waals surface area (Å²) in [7, 11) is -3.61. The predicted molar refractivity (Wildman–Crippen MR) is 76.3 cm³/mol. The lowest BCUT2D eigenvalue weighted by Gasteiger charge is -2.20. The Balaban J connectivity index is 2.11. The summed E-state index contributed by atoms with van der Waals surface area (Å²) in [6, 6.07) is 0. The Morgan fingerprint density at radius 1 is 1.33 bits per heavy atom. The zero-order valence-corrected chi connectivity index (χ0v) is 12.2. The third-order valence-electron chi connectivity index (χ3n) is 3.17. The number of rotatable bonds is 7. The van der Waals surface area contributed by atoms with Crippen molar-refractivity contribution in [2.75, 3.05) is 12.3 Å². The van der Waals surface area contributed by atoms with Gasteiger partial charge in [0.25, 0.3) is 0 Å². The molecule has 0 atom stereocenters. The van der Waals surface area contributed by atoms with Gasteiger partial charge in [0.15, 0.2) is 0 Å². The molecule has 0 bridgehead atoms. The molecular weight excluding hydrogens is 272 g/mol. The van der Waals surface area contributed by atoms with Gasteiger partial charge in [-0.3, -0.25) is 9.55 Å². The first kappa shape index (κ1) is 15.8. The second-order valence-corrected chi connectivity index (χ2v) is 8.06. The van der Waals surface area contributed by atoms with Crippen LogP contribution in [0, 0.1) is 5.92 Å². The summed E-state index contributed by atoms with van der Waals surface area (Å²) in [5, 5.41) is 0. The Labute approximate surface area is 113 Å². The molecule has 0 aromatic heterocycles. The average molecular weight is 294 g/mol. The molecule has 0 saturated heterocycles. The molecule has 7 heteroatoms. The molecule has 1 aliphatic carbocycles. The van der Waals surface area contributed by atoms with Gasteiger partial charge in [-0.25, -0.2) is 0 Å². The summed E-state index contributed by atoms with van der Waals surface area (Å²) in [5.41, 5.74) is 5.55. The average Bonchev–Trinajstić information content (AvgIpc) is 2.33. The highest BCUT2D eigenvalue weighted by molar-refractivity contribution is 8.70. The van der Waals surface area contributed by atoms with Crippen LogP contribution in [0.2, 0.25) is 0 Å². The van der Waals surface area contributed by atoms with E-state index in [2.05, 4.69) is 4.99 Å². The maximum Gasteiger partial charge on any atom is 0.320 e. The minimum atomic E-state index is -4.01. The SMILES string of the molecule is NC(CSS(=O)(=O)O)=NCCCC1CCCCC1. The molecule has 0 aromatic carbocycles. The molecule has 0 radical (unpaired) electrons. The second-order valence-electron chi connectivity index (χ2n) is 4.71. The zero-order chi connectivity index (χ0) is 13.4. The summed E-state index contributed by atoms with van der Waals surface area (Å²) in [6.07, 6.45) is 8.91. The molecule has 1 rings (SSSR count). The van der Waals surface area contributed by atoms with Gasteiger partial charge in [0.05, 0.1) is 5.75 Å². The number of aliphatic imine (C=N–C) groups is 1. The molecule has 0 heterocycles. The van der Waals surface area contributed by atoms with Crippen LogP contribution in [0.5, 0.6) is 0 Å². The quantitative estimate of drug-likeness (QED) is 0.247. The van der Waals surface area contributed by atoms with E-state index >= 15 is 0 Å². The van der Waals surface area contributed by atoms with E-state index < -0.39 is 9.15 Å². The van der Waals surface area contributed by atoms with Crippen LogP contribution in [-0.4, -0.2) is 31.1 Å². The van der Waals surface area contributed by atoms with Crippen molar-refractivity contribution in [3.63, 3.8) is 0 Å². The minimum Gasteiger partial charge on any atom is -0.387 e. The smallest absolute Gasteiger partial charge is 0.320 e. The van der Waals surface area contributed by atoms with E-state index in [0.29, 0.717) is 17.3 Å². The lowest BCUT2D eigenvalue weighted by molar-refractivity contribution is 0.334. The monoisotopic (exact) mass is 294 g/mol. The van der Waals surface area contributed by atoms with Gasteiger partial charge < -0.3 is 5.73 Å². The van der Waals surface area contributed by atoms with Gasteiger partial charge in [0.1, 0.15) is 5.84 Å². The first-order valence-corrected chi connectivity index (χ1v) is 9.32. The third-order valence-corrected chi connectivity index (χ3v) is 5.12. The third kappa shape index (κ3) is 7.94. The van der Waals surface area contributed by atoms with Gasteiger partial charge in [-0.15, -0.1) is 0 Å². The van der Waals surface area contributed by atoms with Crippen molar-refractivity contribution < 1.29 is 13.0 Å². The molecule has 106 valence electrons. The van der Waals surface area contributed by atoms with E-state index in [9.17, 15) is 8.42 Å². The Bertz CT molecular complexity index is 362. The predicted octanol–water partition coefficient (Wildman–Crippen LogP) is 2.24. The molecule has 0 aliphatic heterocycles. The fraction of sp³-hybridized carbons (Fsp3) is 0.909. The Hall–Kier alpha value is -0.270. The van der Waals surface area contributed by atoms with Gasteiger partial charge in [-0.1, -0.05) is 32.1 Å². The number of nitrogens with two attached hydrogens (primary N) is 1. The summed E-state index contributed by atoms with van der Waals surface area (Å²) < 4.78 is 29.5. The normalized spacial score (nSPS) is 19.1. The number of amidine groups is 1. The molecule has 18 heavy (non-hydrogen) atoms. The van der Waals surface area contributed by atoms with Gasteiger partial charge in [0.2, 0.25) is 0 Å². The van der Waals surface area contributed by atoms with Gasteiger partial charge in [-0.2, -0.15) is 8.42 Å². The van der Waals surface area contributed by atoms with Crippen LogP contribution >= 0.6 is 10.8 Å². The maximum absolute atomic E-state index is 10.5. The molecule has 0 aromatic rings. The molecule has 1 aliphatic rings. The zero-order valence-electron chi connectivity index (χ0n) is 10.5. The van der Waals surface area contributed by atoms with E-state index in [1.54, 1.807) is 0 Å². The van der Waals surface area contributed by atoms with Crippen molar-refractivity contribution in [3.05, 3.63) is 0 Å². The largest absolute Gasteiger partial charge is 0.387 e. The first-order chi connectivity index (χ1) is 8.47. The summed E-state index contributed by atoms with van der Waals surface area (Å²) in [5.74, 6) is 1.14. The van der Waals surface area contributed by atoms with E-state index in [1.165, 1.54) is 38.5 Å². The van der Waals surface area contributed by atoms with Crippen molar-refractivity contribution in [2.45, 2.75) is 44.9 Å². The molecule has 0 spiro atoms. The van der Waals surface area contributed by atoms with Crippen LogP contribution in [0.25, 0.3) is 0 Å². The number of hydrogen-bond donors (Lipinski definition) is 2. The fourth-order valence-corrected chi connectivity index (χ4v) is 3.43. The topological polar surface area (TPSA) is 92.8 Å². The van der Waals surface area contributed by atoms with Crippen LogP contribution < -0.4 is 5.73 Å². The number of hydrogen-bond acceptors (Lipinski definition) is 4. The lowest BCUT2D eigenvalue weighted by Crippen LogP contribution is -2.16. The van der Waals surface area contributed by atoms with Gasteiger partial charge >= 0.3 is 9.15 Å². The highest BCUT2D eigenvalue weighted by Crippen LogP contribution is 2.27. The van der Waals surface area contributed by atoms with Gasteiger partial charge in [-0.05, 0) is 18.8 Å². The fourth-order valence-electron chi connectivity index (χ4n) is 2.26. The van der Waals surface area contributed by atoms with Crippen LogP contribution in [0.1, 0.15) is 44.9 Å². The molecule has 0 amide bonds. The number of nitrogens with zero attached hydrogens (tertiary/aromatic N) is 1. The van der Waals surface area contributed by atoms with E-state index in [0.717, 1.165) is 12.3 Å². The van der Waals surface area contributed by atoms with Crippen molar-refractivity contribution in [1.29, 1.82) is 0 Å². The minimum absolute atomic E-state index is 0.0300. The van der Waals surface area contributed by atoms with Crippen LogP contribution in [0.4, 0.5) is 0 Å². The Morgan fingerprint density at radius 2 is 2.00 bits per heavy atom. The van der Waals surface area contributed by atoms with E-state index in [4.69, 9.17) is 10.3 Å². The molecule has 1 fully saturated rings. The molecule has 0 unspecified atom stereocenters. The Morgan fingerprint density at radius 3 is 2.61 bits per heavy atom. The van der Waals surface area contributed by atoms with Crippen LogP contribution in [0.3, 0.4) is 0 Å². The Kier molecular flexibility index (Phi) is 7.03. The first-order valence-electron chi connectivity index (χ1n) is 6.38. The molecular formula is C11H22N2O3S2. The molecule has 5 nitrogen and oxygen atoms in total. The summed E-state index contributed by atoms with van der Waals surface area (Å²) >= 11 is 0. The van der Waals surface area contributed by atoms with Crippen molar-refractivity contribution in [3.8, 4) is 0 Å². The highest BCUT2D eigenvalue weighted by atomic mass is 33.1. The van der Waals surface area contributed by atoms with Crippen molar-refractivity contribution in [2.24, 2.45) is 16.6 Å². The maximum atomic E-state index is 10.5. The summed E-state index contributed by atoms with van der Waals surface area (Å²) in [6.45, 7) is 0.647. The van der Waals surface area contributed by atoms with Crippen LogP contribution in [-0.2, 0) is 9.15 Å². The van der Waals surface area contributed by atoms with E-state index in [1.807, 2.05) is 0 Å². The molecule has 3 N–H and O–H groups in total. The standard InChI is InChI=1S/C11H22N2O3S2/c12-11(9-17-18(14,15)16)13-8-4-7-10-5-2-1-3-6-10/h10H,1-9H2,(H2,12,13)(H,14,15,16). The lowest BCUT2D eigenvalue weighted by atomic mass is 9.86. The highest BCUT2D eigenvalue weighted by Gasteiger charge is 2.12. The van der Waals surface area contributed by atoms with E-state index in [-0.39, 0.29) is 11.6 Å². The molecule has 1 saturated carbocycles. The summed E-state index contributed by atoms with van der Waals surface area (Å²) in [4.78, 5) is 4.11. The second kappa shape index (κ2) is 8.01. The van der Waals surface area contributed by atoms with Gasteiger partial charge in [0, 0.05) is 17.3 Å². The van der Waals surface area contributed by atoms with Crippen molar-refractivity contribution in [1.82, 2.24) is 0 Å². The van der Waals surface area contributed by atoms with Crippen LogP contribution in [0.15, 0.2) is 4.99 Å². The van der Waals surface area contributed by atoms with Crippen molar-refractivity contribution >= 4 is 25.8 Å².